The van der Waals surface area contributed by atoms with Crippen molar-refractivity contribution >= 4 is 5.91 Å². The van der Waals surface area contributed by atoms with Crippen LogP contribution in [0.25, 0.3) is 0 Å². The van der Waals surface area contributed by atoms with Gasteiger partial charge >= 0.3 is 0 Å². The highest BCUT2D eigenvalue weighted by molar-refractivity contribution is 5.76. The monoisotopic (exact) mass is 381 g/mol. The molecule has 4 nitrogen and oxygen atoms in total. The molecule has 0 radical (unpaired) electrons. The highest BCUT2D eigenvalue weighted by Gasteiger charge is 2.16. The average Bonchev–Trinajstić information content (AvgIpc) is 3.20. The zero-order valence-electron chi connectivity index (χ0n) is 17.0. The lowest BCUT2D eigenvalue weighted by Gasteiger charge is -2.14. The molecule has 28 heavy (non-hydrogen) atoms. The highest BCUT2D eigenvalue weighted by Crippen LogP contribution is 2.25. The molecule has 2 aromatic rings. The quantitative estimate of drug-likeness (QED) is 0.690. The minimum Gasteiger partial charge on any atom is -0.496 e. The minimum atomic E-state index is 0.0775. The van der Waals surface area contributed by atoms with Crippen molar-refractivity contribution in [3.63, 3.8) is 0 Å². The molecule has 2 aromatic carbocycles. The van der Waals surface area contributed by atoms with Gasteiger partial charge in [-0.2, -0.15) is 0 Å². The van der Waals surface area contributed by atoms with Crippen molar-refractivity contribution in [3.05, 3.63) is 59.2 Å². The second-order valence-corrected chi connectivity index (χ2v) is 7.59. The summed E-state index contributed by atoms with van der Waals surface area (Å²) in [5.74, 6) is 1.88. The number of carbonyl (C=O) groups excluding carboxylic acids is 1. The van der Waals surface area contributed by atoms with Crippen LogP contribution in [0.15, 0.2) is 42.5 Å². The predicted octanol–water partition coefficient (Wildman–Crippen LogP) is 4.62. The summed E-state index contributed by atoms with van der Waals surface area (Å²) in [4.78, 5) is 12.2. The van der Waals surface area contributed by atoms with Crippen LogP contribution in [0.2, 0.25) is 0 Å². The van der Waals surface area contributed by atoms with Crippen LogP contribution >= 0.6 is 0 Å². The van der Waals surface area contributed by atoms with Gasteiger partial charge in [0.25, 0.3) is 0 Å². The number of amides is 1. The first kappa shape index (κ1) is 20.2. The number of ether oxygens (including phenoxy) is 2. The Morgan fingerprint density at radius 1 is 1.11 bits per heavy atom. The Labute approximate surface area is 168 Å². The lowest BCUT2D eigenvalue weighted by Crippen LogP contribution is -2.26. The molecule has 0 saturated heterocycles. The molecule has 0 unspecified atom stereocenters. The molecule has 150 valence electrons. The Morgan fingerprint density at radius 3 is 2.71 bits per heavy atom. The van der Waals surface area contributed by atoms with Crippen LogP contribution in [-0.4, -0.2) is 25.7 Å². The molecule has 0 atom stereocenters. The van der Waals surface area contributed by atoms with E-state index in [1.165, 1.54) is 18.4 Å². The fourth-order valence-electron chi connectivity index (χ4n) is 3.76. The van der Waals surface area contributed by atoms with Crippen molar-refractivity contribution in [2.45, 2.75) is 58.0 Å². The van der Waals surface area contributed by atoms with Gasteiger partial charge in [0.05, 0.1) is 13.2 Å². The maximum absolute atomic E-state index is 12.2. The Balaban J connectivity index is 1.42. The fraction of sp³-hybridized carbons (Fsp3) is 0.458. The van der Waals surface area contributed by atoms with Crippen molar-refractivity contribution in [1.82, 2.24) is 5.32 Å². The van der Waals surface area contributed by atoms with Gasteiger partial charge in [0, 0.05) is 13.0 Å². The fourth-order valence-corrected chi connectivity index (χ4v) is 3.76. The van der Waals surface area contributed by atoms with Gasteiger partial charge in [0.2, 0.25) is 5.91 Å². The van der Waals surface area contributed by atoms with Crippen LogP contribution in [0, 0.1) is 6.92 Å². The van der Waals surface area contributed by atoms with Crippen LogP contribution in [0.1, 0.15) is 48.8 Å². The zero-order chi connectivity index (χ0) is 19.8. The molecule has 1 aliphatic rings. The first-order valence-electron chi connectivity index (χ1n) is 10.3. The maximum atomic E-state index is 12.2. The second kappa shape index (κ2) is 10.2. The summed E-state index contributed by atoms with van der Waals surface area (Å²) in [5.41, 5.74) is 3.47. The maximum Gasteiger partial charge on any atom is 0.220 e. The average molecular weight is 382 g/mol. The molecule has 1 amide bonds. The third-order valence-corrected chi connectivity index (χ3v) is 5.30. The molecule has 4 heteroatoms. The third-order valence-electron chi connectivity index (χ3n) is 5.30. The van der Waals surface area contributed by atoms with E-state index in [0.29, 0.717) is 19.1 Å². The SMILES string of the molecule is COc1ccc(C)cc1CCNC(=O)CCc1cccc(OC2CCCC2)c1. The lowest BCUT2D eigenvalue weighted by atomic mass is 10.1. The van der Waals surface area contributed by atoms with Crippen LogP contribution < -0.4 is 14.8 Å². The van der Waals surface area contributed by atoms with E-state index >= 15 is 0 Å². The van der Waals surface area contributed by atoms with E-state index in [1.807, 2.05) is 24.3 Å². The topological polar surface area (TPSA) is 47.6 Å². The Hall–Kier alpha value is -2.49. The summed E-state index contributed by atoms with van der Waals surface area (Å²) < 4.78 is 11.5. The third kappa shape index (κ3) is 6.01. The number of hydrogen-bond donors (Lipinski definition) is 1. The standard InChI is InChI=1S/C24H31NO3/c1-18-10-12-23(27-2)20(16-18)14-15-25-24(26)13-11-19-6-5-9-22(17-19)28-21-7-3-4-8-21/h5-6,9-10,12,16-17,21H,3-4,7-8,11,13-15H2,1-2H3,(H,25,26). The minimum absolute atomic E-state index is 0.0775. The number of methoxy groups -OCH3 is 1. The number of benzene rings is 2. The lowest BCUT2D eigenvalue weighted by molar-refractivity contribution is -0.121. The molecule has 1 aliphatic carbocycles. The summed E-state index contributed by atoms with van der Waals surface area (Å²) in [7, 11) is 1.68. The van der Waals surface area contributed by atoms with Crippen LogP contribution in [-0.2, 0) is 17.6 Å². The molecule has 1 saturated carbocycles. The Bertz CT molecular complexity index is 781. The predicted molar refractivity (Wildman–Crippen MR) is 112 cm³/mol. The van der Waals surface area contributed by atoms with Crippen molar-refractivity contribution in [3.8, 4) is 11.5 Å². The van der Waals surface area contributed by atoms with Crippen molar-refractivity contribution in [2.24, 2.45) is 0 Å². The number of aryl methyl sites for hydroxylation is 2. The summed E-state index contributed by atoms with van der Waals surface area (Å²) in [6.07, 6.45) is 7.16. The van der Waals surface area contributed by atoms with Crippen molar-refractivity contribution < 1.29 is 14.3 Å². The van der Waals surface area contributed by atoms with E-state index in [1.54, 1.807) is 7.11 Å². The molecular formula is C24H31NO3. The van der Waals surface area contributed by atoms with Crippen molar-refractivity contribution in [1.29, 1.82) is 0 Å². The molecule has 1 N–H and O–H groups in total. The molecule has 3 rings (SSSR count). The molecule has 0 aromatic heterocycles. The van der Waals surface area contributed by atoms with E-state index in [0.717, 1.165) is 48.3 Å². The molecule has 1 fully saturated rings. The number of carbonyl (C=O) groups is 1. The zero-order valence-corrected chi connectivity index (χ0v) is 17.0. The second-order valence-electron chi connectivity index (χ2n) is 7.59. The summed E-state index contributed by atoms with van der Waals surface area (Å²) >= 11 is 0. The van der Waals surface area contributed by atoms with Crippen LogP contribution in [0.3, 0.4) is 0 Å². The number of hydrogen-bond acceptors (Lipinski definition) is 3. The normalized spacial score (nSPS) is 14.1. The van der Waals surface area contributed by atoms with Gasteiger partial charge in [-0.1, -0.05) is 29.8 Å². The van der Waals surface area contributed by atoms with E-state index in [4.69, 9.17) is 9.47 Å². The smallest absolute Gasteiger partial charge is 0.220 e. The molecule has 0 aliphatic heterocycles. The number of nitrogens with one attached hydrogen (secondary N) is 1. The van der Waals surface area contributed by atoms with Gasteiger partial charge in [-0.15, -0.1) is 0 Å². The van der Waals surface area contributed by atoms with Gasteiger partial charge in [0.15, 0.2) is 0 Å². The first-order chi connectivity index (χ1) is 13.6. The van der Waals surface area contributed by atoms with Crippen LogP contribution in [0.5, 0.6) is 11.5 Å². The van der Waals surface area contributed by atoms with E-state index < -0.39 is 0 Å². The van der Waals surface area contributed by atoms with Gasteiger partial charge in [0.1, 0.15) is 11.5 Å². The molecule has 0 heterocycles. The van der Waals surface area contributed by atoms with Gasteiger partial charge in [-0.3, -0.25) is 4.79 Å². The number of rotatable bonds is 9. The van der Waals surface area contributed by atoms with Gasteiger partial charge in [-0.05, 0) is 74.8 Å². The Morgan fingerprint density at radius 2 is 1.93 bits per heavy atom. The Kier molecular flexibility index (Phi) is 7.35. The molecular weight excluding hydrogens is 350 g/mol. The van der Waals surface area contributed by atoms with Gasteiger partial charge < -0.3 is 14.8 Å². The summed E-state index contributed by atoms with van der Waals surface area (Å²) in [6, 6.07) is 14.3. The van der Waals surface area contributed by atoms with E-state index in [-0.39, 0.29) is 5.91 Å². The van der Waals surface area contributed by atoms with E-state index in [9.17, 15) is 4.79 Å². The molecule has 0 bridgehead atoms. The van der Waals surface area contributed by atoms with Crippen molar-refractivity contribution in [2.75, 3.05) is 13.7 Å². The molecule has 0 spiro atoms. The van der Waals surface area contributed by atoms with Crippen LogP contribution in [0.4, 0.5) is 0 Å². The summed E-state index contributed by atoms with van der Waals surface area (Å²) in [5, 5.41) is 3.02. The summed E-state index contributed by atoms with van der Waals surface area (Å²) in [6.45, 7) is 2.68. The van der Waals surface area contributed by atoms with E-state index in [2.05, 4.69) is 30.4 Å². The first-order valence-corrected chi connectivity index (χ1v) is 10.3. The van der Waals surface area contributed by atoms with Gasteiger partial charge in [-0.25, -0.2) is 0 Å². The largest absolute Gasteiger partial charge is 0.496 e. The highest BCUT2D eigenvalue weighted by atomic mass is 16.5.